The monoisotopic (exact) mass is 337 g/mol. The summed E-state index contributed by atoms with van der Waals surface area (Å²) in [5.74, 6) is -0.575. The summed E-state index contributed by atoms with van der Waals surface area (Å²) in [5.41, 5.74) is 2.45. The third kappa shape index (κ3) is 3.67. The first kappa shape index (κ1) is 15.9. The van der Waals surface area contributed by atoms with Gasteiger partial charge in [-0.25, -0.2) is 4.98 Å². The lowest BCUT2D eigenvalue weighted by Gasteiger charge is -2.10. The van der Waals surface area contributed by atoms with Gasteiger partial charge in [-0.05, 0) is 31.2 Å². The van der Waals surface area contributed by atoms with E-state index in [1.54, 1.807) is 48.0 Å². The van der Waals surface area contributed by atoms with Gasteiger partial charge in [0.05, 0.1) is 11.3 Å². The summed E-state index contributed by atoms with van der Waals surface area (Å²) in [6.07, 6.45) is 1.62. The number of thiazole rings is 1. The van der Waals surface area contributed by atoms with Crippen molar-refractivity contribution in [1.82, 2.24) is 4.98 Å². The molecule has 1 heterocycles. The van der Waals surface area contributed by atoms with E-state index in [1.807, 2.05) is 19.1 Å². The molecule has 0 saturated carbocycles. The number of amides is 2. The van der Waals surface area contributed by atoms with Crippen molar-refractivity contribution in [3.8, 4) is 0 Å². The highest BCUT2D eigenvalue weighted by Crippen LogP contribution is 2.19. The van der Waals surface area contributed by atoms with Crippen LogP contribution in [0, 0.1) is 6.92 Å². The molecule has 0 saturated heterocycles. The summed E-state index contributed by atoms with van der Waals surface area (Å²) in [7, 11) is 0. The number of nitrogens with zero attached hydrogens (tertiary/aromatic N) is 1. The highest BCUT2D eigenvalue weighted by molar-refractivity contribution is 7.13. The number of rotatable bonds is 4. The van der Waals surface area contributed by atoms with Gasteiger partial charge in [0, 0.05) is 17.1 Å². The quantitative estimate of drug-likeness (QED) is 0.757. The predicted octanol–water partition coefficient (Wildman–Crippen LogP) is 3.96. The Kier molecular flexibility index (Phi) is 4.67. The van der Waals surface area contributed by atoms with E-state index >= 15 is 0 Å². The van der Waals surface area contributed by atoms with Crippen molar-refractivity contribution < 1.29 is 9.59 Å². The molecule has 0 radical (unpaired) electrons. The van der Waals surface area contributed by atoms with Gasteiger partial charge < -0.3 is 5.32 Å². The van der Waals surface area contributed by atoms with Gasteiger partial charge >= 0.3 is 0 Å². The van der Waals surface area contributed by atoms with Crippen LogP contribution in [-0.4, -0.2) is 16.8 Å². The molecule has 0 fully saturated rings. The second-order valence-corrected chi connectivity index (χ2v) is 6.05. The van der Waals surface area contributed by atoms with Gasteiger partial charge in [-0.2, -0.15) is 0 Å². The van der Waals surface area contributed by atoms with E-state index in [4.69, 9.17) is 0 Å². The van der Waals surface area contributed by atoms with Gasteiger partial charge in [0.2, 0.25) is 0 Å². The molecule has 0 bridgehead atoms. The molecular weight excluding hydrogens is 322 g/mol. The summed E-state index contributed by atoms with van der Waals surface area (Å²) in [4.78, 5) is 28.8. The molecule has 0 aliphatic carbocycles. The van der Waals surface area contributed by atoms with E-state index in [9.17, 15) is 9.59 Å². The van der Waals surface area contributed by atoms with Crippen molar-refractivity contribution in [3.63, 3.8) is 0 Å². The number of aromatic nitrogens is 1. The van der Waals surface area contributed by atoms with E-state index < -0.39 is 0 Å². The van der Waals surface area contributed by atoms with Gasteiger partial charge in [0.25, 0.3) is 11.8 Å². The zero-order chi connectivity index (χ0) is 16.9. The Morgan fingerprint density at radius 1 is 0.958 bits per heavy atom. The average Bonchev–Trinajstić information content (AvgIpc) is 3.09. The average molecular weight is 337 g/mol. The molecular formula is C18H15N3O2S. The number of hydrogen-bond donors (Lipinski definition) is 2. The summed E-state index contributed by atoms with van der Waals surface area (Å²) in [6.45, 7) is 1.96. The summed E-state index contributed by atoms with van der Waals surface area (Å²) in [5, 5.41) is 7.80. The third-order valence-corrected chi connectivity index (χ3v) is 4.07. The highest BCUT2D eigenvalue weighted by Gasteiger charge is 2.14. The standard InChI is InChI=1S/C18H15N3O2S/c1-12-6-8-13(9-7-12)16(22)20-15-5-3-2-4-14(15)17(23)21-18-19-10-11-24-18/h2-11H,1H3,(H,20,22)(H,19,21,23). The van der Waals surface area contributed by atoms with Crippen molar-refractivity contribution in [2.24, 2.45) is 0 Å². The van der Waals surface area contributed by atoms with Crippen LogP contribution in [0.5, 0.6) is 0 Å². The normalized spacial score (nSPS) is 10.2. The molecule has 0 unspecified atom stereocenters. The largest absolute Gasteiger partial charge is 0.321 e. The summed E-state index contributed by atoms with van der Waals surface area (Å²) >= 11 is 1.33. The molecule has 0 aliphatic heterocycles. The fourth-order valence-corrected chi connectivity index (χ4v) is 2.66. The Bertz CT molecular complexity index is 858. The molecule has 0 aliphatic rings. The highest BCUT2D eigenvalue weighted by atomic mass is 32.1. The SMILES string of the molecule is Cc1ccc(C(=O)Nc2ccccc2C(=O)Nc2nccs2)cc1. The van der Waals surface area contributed by atoms with Crippen LogP contribution in [0.4, 0.5) is 10.8 Å². The van der Waals surface area contributed by atoms with Gasteiger partial charge in [-0.3, -0.25) is 14.9 Å². The molecule has 0 spiro atoms. The van der Waals surface area contributed by atoms with Crippen LogP contribution in [-0.2, 0) is 0 Å². The maximum atomic E-state index is 12.4. The molecule has 3 rings (SSSR count). The second kappa shape index (κ2) is 7.06. The van der Waals surface area contributed by atoms with Crippen LogP contribution in [0.15, 0.2) is 60.1 Å². The first-order valence-electron chi connectivity index (χ1n) is 7.31. The predicted molar refractivity (Wildman–Crippen MR) is 95.6 cm³/mol. The van der Waals surface area contributed by atoms with Crippen LogP contribution < -0.4 is 10.6 Å². The molecule has 5 nitrogen and oxygen atoms in total. The Balaban J connectivity index is 1.80. The van der Waals surface area contributed by atoms with E-state index in [0.29, 0.717) is 21.9 Å². The lowest BCUT2D eigenvalue weighted by molar-refractivity contribution is 0.102. The van der Waals surface area contributed by atoms with Crippen molar-refractivity contribution in [3.05, 3.63) is 76.8 Å². The van der Waals surface area contributed by atoms with E-state index in [0.717, 1.165) is 5.56 Å². The molecule has 120 valence electrons. The topological polar surface area (TPSA) is 71.1 Å². The van der Waals surface area contributed by atoms with Crippen molar-refractivity contribution >= 4 is 34.0 Å². The lowest BCUT2D eigenvalue weighted by atomic mass is 10.1. The lowest BCUT2D eigenvalue weighted by Crippen LogP contribution is -2.18. The Hall–Kier alpha value is -2.99. The second-order valence-electron chi connectivity index (χ2n) is 5.16. The van der Waals surface area contributed by atoms with Gasteiger partial charge in [-0.15, -0.1) is 11.3 Å². The van der Waals surface area contributed by atoms with Crippen LogP contribution >= 0.6 is 11.3 Å². The number of benzene rings is 2. The van der Waals surface area contributed by atoms with Gasteiger partial charge in [-0.1, -0.05) is 29.8 Å². The third-order valence-electron chi connectivity index (χ3n) is 3.39. The Labute approximate surface area is 143 Å². The number of aryl methyl sites for hydroxylation is 1. The molecule has 6 heteroatoms. The molecule has 2 aromatic carbocycles. The maximum Gasteiger partial charge on any atom is 0.259 e. The molecule has 24 heavy (non-hydrogen) atoms. The molecule has 2 N–H and O–H groups in total. The Morgan fingerprint density at radius 3 is 2.42 bits per heavy atom. The van der Waals surface area contributed by atoms with Crippen molar-refractivity contribution in [2.45, 2.75) is 6.92 Å². The minimum Gasteiger partial charge on any atom is -0.321 e. The van der Waals surface area contributed by atoms with Crippen molar-refractivity contribution in [1.29, 1.82) is 0 Å². The van der Waals surface area contributed by atoms with Gasteiger partial charge in [0.15, 0.2) is 5.13 Å². The Morgan fingerprint density at radius 2 is 1.71 bits per heavy atom. The number of nitrogens with one attached hydrogen (secondary N) is 2. The molecule has 2 amide bonds. The zero-order valence-corrected chi connectivity index (χ0v) is 13.8. The minimum absolute atomic E-state index is 0.260. The minimum atomic E-state index is -0.315. The fraction of sp³-hybridized carbons (Fsp3) is 0.0556. The number of anilines is 2. The van der Waals surface area contributed by atoms with Crippen LogP contribution in [0.3, 0.4) is 0 Å². The number of hydrogen-bond acceptors (Lipinski definition) is 4. The number of carbonyl (C=O) groups excluding carboxylic acids is 2. The van der Waals surface area contributed by atoms with Crippen LogP contribution in [0.2, 0.25) is 0 Å². The zero-order valence-electron chi connectivity index (χ0n) is 12.9. The summed E-state index contributed by atoms with van der Waals surface area (Å²) in [6, 6.07) is 14.1. The number of carbonyl (C=O) groups is 2. The first-order chi connectivity index (χ1) is 11.6. The van der Waals surface area contributed by atoms with Crippen molar-refractivity contribution in [2.75, 3.05) is 10.6 Å². The summed E-state index contributed by atoms with van der Waals surface area (Å²) < 4.78 is 0. The molecule has 1 aromatic heterocycles. The molecule has 3 aromatic rings. The van der Waals surface area contributed by atoms with Crippen LogP contribution in [0.1, 0.15) is 26.3 Å². The first-order valence-corrected chi connectivity index (χ1v) is 8.19. The van der Waals surface area contributed by atoms with Crippen LogP contribution in [0.25, 0.3) is 0 Å². The van der Waals surface area contributed by atoms with Gasteiger partial charge in [0.1, 0.15) is 0 Å². The number of para-hydroxylation sites is 1. The smallest absolute Gasteiger partial charge is 0.259 e. The maximum absolute atomic E-state index is 12.4. The fourth-order valence-electron chi connectivity index (χ4n) is 2.14. The van der Waals surface area contributed by atoms with E-state index in [2.05, 4.69) is 15.6 Å². The molecule has 0 atom stereocenters. The van der Waals surface area contributed by atoms with E-state index in [-0.39, 0.29) is 11.8 Å². The van der Waals surface area contributed by atoms with E-state index in [1.165, 1.54) is 11.3 Å².